The third kappa shape index (κ3) is 12.9. The number of aliphatic carboxylic acids is 4. The van der Waals surface area contributed by atoms with Crippen LogP contribution in [0.4, 0.5) is 0 Å². The van der Waals surface area contributed by atoms with Gasteiger partial charge in [-0.05, 0) is 51.5 Å². The summed E-state index contributed by atoms with van der Waals surface area (Å²) in [6.07, 6.45) is 7.92. The van der Waals surface area contributed by atoms with E-state index < -0.39 is 23.9 Å². The third-order valence-corrected chi connectivity index (χ3v) is 7.90. The lowest BCUT2D eigenvalue weighted by atomic mass is 9.85. The molecule has 1 rings (SSSR count). The summed E-state index contributed by atoms with van der Waals surface area (Å²) >= 11 is 0. The van der Waals surface area contributed by atoms with Crippen LogP contribution < -0.4 is 5.32 Å². The minimum absolute atomic E-state index is 0.106. The number of carboxylic acids is 4. The highest BCUT2D eigenvalue weighted by molar-refractivity contribution is 5.70. The molecular weight excluding hydrogens is 532 g/mol. The fourth-order valence-corrected chi connectivity index (χ4v) is 6.15. The average molecular weight is 585 g/mol. The molecule has 0 bridgehead atoms. The van der Waals surface area contributed by atoms with Gasteiger partial charge in [0.1, 0.15) is 0 Å². The lowest BCUT2D eigenvalue weighted by Crippen LogP contribution is -2.57. The van der Waals surface area contributed by atoms with Gasteiger partial charge in [0.2, 0.25) is 0 Å². The number of allylic oxidation sites excluding steroid dienone is 1. The standard InChI is InChI=1S/C29H52N4O8/c1-5-9-14-32(19-27(38)39)24-13-10-12-21(6-2)29(24)33(20-28(40)41)16-11-15-31(18-26(36)37)23(8-4)22(7-3)30-17-25(34)35/h12,22-24,29-30H,5-11,13-20H2,1-4H3,(H,34,35)(H,36,37)(H,38,39)(H,40,41). The molecule has 0 saturated carbocycles. The first kappa shape index (κ1) is 36.5. The molecular formula is C29H52N4O8. The average Bonchev–Trinajstić information content (AvgIpc) is 2.91. The first-order valence-corrected chi connectivity index (χ1v) is 15.0. The van der Waals surface area contributed by atoms with Crippen molar-refractivity contribution >= 4 is 23.9 Å². The Morgan fingerprint density at radius 3 is 1.95 bits per heavy atom. The number of rotatable bonds is 23. The normalized spacial score (nSPS) is 18.9. The summed E-state index contributed by atoms with van der Waals surface area (Å²) in [5.41, 5.74) is 1.10. The van der Waals surface area contributed by atoms with Crippen LogP contribution in [0.1, 0.15) is 79.1 Å². The molecule has 0 amide bonds. The van der Waals surface area contributed by atoms with E-state index in [1.807, 2.05) is 35.5 Å². The molecule has 0 spiro atoms. The molecule has 0 aromatic heterocycles. The highest BCUT2D eigenvalue weighted by Crippen LogP contribution is 2.30. The number of carbonyl (C=O) groups is 4. The number of hydrogen-bond donors (Lipinski definition) is 5. The molecule has 4 atom stereocenters. The zero-order chi connectivity index (χ0) is 30.9. The molecule has 1 aliphatic rings. The van der Waals surface area contributed by atoms with Gasteiger partial charge in [-0.25, -0.2) is 0 Å². The van der Waals surface area contributed by atoms with E-state index in [-0.39, 0.29) is 50.3 Å². The number of unbranched alkanes of at least 4 members (excludes halogenated alkanes) is 1. The first-order valence-electron chi connectivity index (χ1n) is 15.0. The molecule has 1 aliphatic carbocycles. The largest absolute Gasteiger partial charge is 0.480 e. The maximum atomic E-state index is 12.0. The Hall–Kier alpha value is -2.54. The summed E-state index contributed by atoms with van der Waals surface area (Å²) in [6.45, 7) is 8.62. The van der Waals surface area contributed by atoms with Crippen molar-refractivity contribution in [1.29, 1.82) is 0 Å². The lowest BCUT2D eigenvalue weighted by molar-refractivity contribution is -0.142. The fourth-order valence-electron chi connectivity index (χ4n) is 6.15. The molecule has 0 heterocycles. The second-order valence-corrected chi connectivity index (χ2v) is 10.8. The zero-order valence-corrected chi connectivity index (χ0v) is 25.3. The van der Waals surface area contributed by atoms with E-state index in [0.29, 0.717) is 38.9 Å². The van der Waals surface area contributed by atoms with Crippen LogP contribution >= 0.6 is 0 Å². The lowest BCUT2D eigenvalue weighted by Gasteiger charge is -2.45. The van der Waals surface area contributed by atoms with Crippen LogP contribution in [-0.2, 0) is 19.2 Å². The number of nitrogens with one attached hydrogen (secondary N) is 1. The maximum Gasteiger partial charge on any atom is 0.317 e. The van der Waals surface area contributed by atoms with Crippen LogP contribution in [0.25, 0.3) is 0 Å². The second kappa shape index (κ2) is 19.6. The van der Waals surface area contributed by atoms with Crippen LogP contribution in [0.2, 0.25) is 0 Å². The molecule has 0 aliphatic heterocycles. The Bertz CT molecular complexity index is 868. The van der Waals surface area contributed by atoms with E-state index in [0.717, 1.165) is 37.7 Å². The third-order valence-electron chi connectivity index (χ3n) is 7.90. The summed E-state index contributed by atoms with van der Waals surface area (Å²) in [5.74, 6) is -3.84. The van der Waals surface area contributed by atoms with E-state index in [4.69, 9.17) is 5.11 Å². The van der Waals surface area contributed by atoms with E-state index in [9.17, 15) is 34.5 Å². The number of hydrogen-bond acceptors (Lipinski definition) is 8. The predicted octanol–water partition coefficient (Wildman–Crippen LogP) is 2.44. The van der Waals surface area contributed by atoms with Crippen molar-refractivity contribution in [1.82, 2.24) is 20.0 Å². The summed E-state index contributed by atoms with van der Waals surface area (Å²) in [6, 6.07) is -0.820. The minimum atomic E-state index is -0.984. The van der Waals surface area contributed by atoms with Crippen LogP contribution in [0.5, 0.6) is 0 Å². The summed E-state index contributed by atoms with van der Waals surface area (Å²) in [5, 5.41) is 41.3. The molecule has 0 aromatic carbocycles. The van der Waals surface area contributed by atoms with Crippen molar-refractivity contribution in [2.24, 2.45) is 0 Å². The molecule has 12 heteroatoms. The van der Waals surface area contributed by atoms with Crippen molar-refractivity contribution in [3.8, 4) is 0 Å². The van der Waals surface area contributed by atoms with Gasteiger partial charge in [-0.15, -0.1) is 0 Å². The Morgan fingerprint density at radius 1 is 0.829 bits per heavy atom. The molecule has 4 unspecified atom stereocenters. The van der Waals surface area contributed by atoms with Gasteiger partial charge < -0.3 is 25.7 Å². The van der Waals surface area contributed by atoms with E-state index in [1.54, 1.807) is 0 Å². The number of carboxylic acid groups (broad SMARTS) is 4. The Morgan fingerprint density at radius 2 is 1.44 bits per heavy atom. The van der Waals surface area contributed by atoms with Crippen LogP contribution in [0.15, 0.2) is 11.6 Å². The summed E-state index contributed by atoms with van der Waals surface area (Å²) in [4.78, 5) is 52.4. The first-order chi connectivity index (χ1) is 19.5. The van der Waals surface area contributed by atoms with Gasteiger partial charge in [-0.1, -0.05) is 45.8 Å². The van der Waals surface area contributed by atoms with Gasteiger partial charge in [-0.2, -0.15) is 0 Å². The Balaban J connectivity index is 3.24. The van der Waals surface area contributed by atoms with Crippen molar-refractivity contribution < 1.29 is 39.6 Å². The Labute approximate surface area is 244 Å². The van der Waals surface area contributed by atoms with Crippen LogP contribution in [0.3, 0.4) is 0 Å². The van der Waals surface area contributed by atoms with Gasteiger partial charge in [0.05, 0.1) is 26.2 Å². The van der Waals surface area contributed by atoms with Gasteiger partial charge in [-0.3, -0.25) is 33.9 Å². The highest BCUT2D eigenvalue weighted by Gasteiger charge is 2.37. The van der Waals surface area contributed by atoms with Crippen molar-refractivity contribution in [3.05, 3.63) is 11.6 Å². The van der Waals surface area contributed by atoms with Crippen molar-refractivity contribution in [2.75, 3.05) is 45.8 Å². The van der Waals surface area contributed by atoms with Gasteiger partial charge in [0.15, 0.2) is 0 Å². The molecule has 5 N–H and O–H groups in total. The van der Waals surface area contributed by atoms with Crippen LogP contribution in [-0.4, -0.2) is 129 Å². The molecule has 236 valence electrons. The van der Waals surface area contributed by atoms with E-state index in [1.165, 1.54) is 0 Å². The SMILES string of the molecule is CCCCN(CC(=O)O)C1CCC=C(CC)C1N(CCCN(CC(=O)O)C(CC)C(CC)NCC(=O)O)CC(=O)O. The number of nitrogens with zero attached hydrogens (tertiary/aromatic N) is 3. The molecule has 0 radical (unpaired) electrons. The monoisotopic (exact) mass is 584 g/mol. The molecule has 12 nitrogen and oxygen atoms in total. The molecule has 41 heavy (non-hydrogen) atoms. The topological polar surface area (TPSA) is 171 Å². The fraction of sp³-hybridized carbons (Fsp3) is 0.793. The van der Waals surface area contributed by atoms with Gasteiger partial charge >= 0.3 is 23.9 Å². The summed E-state index contributed by atoms with van der Waals surface area (Å²) in [7, 11) is 0. The van der Waals surface area contributed by atoms with Crippen molar-refractivity contribution in [2.45, 2.75) is 103 Å². The van der Waals surface area contributed by atoms with E-state index in [2.05, 4.69) is 18.3 Å². The van der Waals surface area contributed by atoms with Crippen molar-refractivity contribution in [3.63, 3.8) is 0 Å². The highest BCUT2D eigenvalue weighted by atomic mass is 16.4. The molecule has 0 saturated heterocycles. The zero-order valence-electron chi connectivity index (χ0n) is 25.3. The maximum absolute atomic E-state index is 12.0. The molecule has 0 fully saturated rings. The summed E-state index contributed by atoms with van der Waals surface area (Å²) < 4.78 is 0. The molecule has 0 aromatic rings. The Kier molecular flexibility index (Phi) is 17.4. The van der Waals surface area contributed by atoms with Crippen LogP contribution in [0, 0.1) is 0 Å². The van der Waals surface area contributed by atoms with Gasteiger partial charge in [0.25, 0.3) is 0 Å². The smallest absolute Gasteiger partial charge is 0.317 e. The minimum Gasteiger partial charge on any atom is -0.480 e. The van der Waals surface area contributed by atoms with Gasteiger partial charge in [0, 0.05) is 37.3 Å². The quantitative estimate of drug-likeness (QED) is 0.111. The second-order valence-electron chi connectivity index (χ2n) is 10.8. The predicted molar refractivity (Wildman–Crippen MR) is 156 cm³/mol. The van der Waals surface area contributed by atoms with E-state index >= 15 is 0 Å².